The highest BCUT2D eigenvalue weighted by molar-refractivity contribution is 7.09. The van der Waals surface area contributed by atoms with Gasteiger partial charge in [-0.15, -0.1) is 11.3 Å². The molecule has 23 heavy (non-hydrogen) atoms. The van der Waals surface area contributed by atoms with E-state index in [1.54, 1.807) is 6.20 Å². The number of thiophene rings is 1. The maximum absolute atomic E-state index is 6.17. The third kappa shape index (κ3) is 3.63. The first-order valence-electron chi connectivity index (χ1n) is 8.21. The Bertz CT molecular complexity index is 619. The molecule has 0 N–H and O–H groups in total. The Balaban J connectivity index is 1.28. The average molecular weight is 330 g/mol. The fourth-order valence-electron chi connectivity index (χ4n) is 3.58. The Labute approximate surface area is 141 Å². The smallest absolute Gasteiger partial charge is 0.0847 e. The zero-order valence-corrected chi connectivity index (χ0v) is 14.0. The predicted molar refractivity (Wildman–Crippen MR) is 90.3 cm³/mol. The van der Waals surface area contributed by atoms with E-state index in [0.717, 1.165) is 38.0 Å². The van der Waals surface area contributed by atoms with Gasteiger partial charge in [0.15, 0.2) is 0 Å². The van der Waals surface area contributed by atoms with Gasteiger partial charge in [0.2, 0.25) is 0 Å². The summed E-state index contributed by atoms with van der Waals surface area (Å²) in [7, 11) is 0. The van der Waals surface area contributed by atoms with Crippen LogP contribution in [0.5, 0.6) is 0 Å². The topological polar surface area (TPSA) is 34.6 Å². The molecular weight excluding hydrogens is 308 g/mol. The van der Waals surface area contributed by atoms with Gasteiger partial charge in [-0.25, -0.2) is 0 Å². The molecule has 0 unspecified atom stereocenters. The minimum Gasteiger partial charge on any atom is -0.371 e. The summed E-state index contributed by atoms with van der Waals surface area (Å²) in [6, 6.07) is 8.34. The zero-order chi connectivity index (χ0) is 15.5. The monoisotopic (exact) mass is 330 g/mol. The van der Waals surface area contributed by atoms with E-state index < -0.39 is 0 Å². The van der Waals surface area contributed by atoms with Crippen LogP contribution in [0.2, 0.25) is 0 Å². The molecule has 2 aromatic heterocycles. The van der Waals surface area contributed by atoms with Gasteiger partial charge in [-0.1, -0.05) is 12.1 Å². The minimum atomic E-state index is 0.0108. The second kappa shape index (κ2) is 6.69. The van der Waals surface area contributed by atoms with Gasteiger partial charge in [-0.05, 0) is 29.5 Å². The largest absolute Gasteiger partial charge is 0.371 e. The molecule has 2 aliphatic rings. The fourth-order valence-corrected chi connectivity index (χ4v) is 4.32. The highest BCUT2D eigenvalue weighted by Gasteiger charge is 2.45. The first kappa shape index (κ1) is 15.3. The lowest BCUT2D eigenvalue weighted by Gasteiger charge is -2.23. The third-order valence-corrected chi connectivity index (χ3v) is 5.60. The van der Waals surface area contributed by atoms with Crippen LogP contribution in [0.1, 0.15) is 23.3 Å². The Morgan fingerprint density at radius 2 is 2.39 bits per heavy atom. The van der Waals surface area contributed by atoms with E-state index in [4.69, 9.17) is 9.47 Å². The van der Waals surface area contributed by atoms with Crippen molar-refractivity contribution in [3.8, 4) is 0 Å². The summed E-state index contributed by atoms with van der Waals surface area (Å²) in [5, 5.41) is 2.15. The number of aromatic nitrogens is 1. The molecule has 2 aliphatic heterocycles. The molecule has 0 aromatic carbocycles. The molecule has 122 valence electrons. The molecule has 2 atom stereocenters. The molecule has 0 amide bonds. The summed E-state index contributed by atoms with van der Waals surface area (Å²) >= 11 is 1.83. The summed E-state index contributed by atoms with van der Waals surface area (Å²) in [5.41, 5.74) is 1.14. The van der Waals surface area contributed by atoms with Crippen LogP contribution in [0.25, 0.3) is 0 Å². The van der Waals surface area contributed by atoms with Crippen molar-refractivity contribution in [2.24, 2.45) is 0 Å². The Morgan fingerprint density at radius 3 is 3.22 bits per heavy atom. The number of ether oxygens (including phenoxy) is 2. The Hall–Kier alpha value is -1.27. The average Bonchev–Trinajstić information content (AvgIpc) is 3.31. The summed E-state index contributed by atoms with van der Waals surface area (Å²) in [6.45, 7) is 4.53. The van der Waals surface area contributed by atoms with Gasteiger partial charge < -0.3 is 9.47 Å². The second-order valence-electron chi connectivity index (χ2n) is 6.53. The van der Waals surface area contributed by atoms with E-state index in [2.05, 4.69) is 33.5 Å². The van der Waals surface area contributed by atoms with Gasteiger partial charge in [-0.2, -0.15) is 0 Å². The molecule has 0 bridgehead atoms. The van der Waals surface area contributed by atoms with Gasteiger partial charge in [0, 0.05) is 43.3 Å². The van der Waals surface area contributed by atoms with Crippen LogP contribution < -0.4 is 0 Å². The summed E-state index contributed by atoms with van der Waals surface area (Å²) in [5.74, 6) is 0. The number of likely N-dealkylation sites (tertiary alicyclic amines) is 1. The molecule has 2 fully saturated rings. The Kier molecular flexibility index (Phi) is 4.44. The van der Waals surface area contributed by atoms with E-state index in [9.17, 15) is 0 Å². The van der Waals surface area contributed by atoms with Crippen LogP contribution in [0.15, 0.2) is 42.0 Å². The maximum Gasteiger partial charge on any atom is 0.0847 e. The molecular formula is C18H22N2O2S. The maximum atomic E-state index is 6.17. The van der Waals surface area contributed by atoms with Crippen molar-refractivity contribution in [1.82, 2.24) is 9.88 Å². The number of pyridine rings is 1. The molecule has 0 radical (unpaired) electrons. The SMILES string of the molecule is c1cncc(CO[C@@H]2CO[C@@]3(CCN(Cc4cccs4)C3)C2)c1. The first-order chi connectivity index (χ1) is 11.3. The second-order valence-corrected chi connectivity index (χ2v) is 7.56. The van der Waals surface area contributed by atoms with Crippen LogP contribution in [-0.2, 0) is 22.6 Å². The molecule has 1 spiro atoms. The molecule has 4 rings (SSSR count). The van der Waals surface area contributed by atoms with Crippen molar-refractivity contribution in [3.63, 3.8) is 0 Å². The quantitative estimate of drug-likeness (QED) is 0.844. The van der Waals surface area contributed by atoms with E-state index in [1.165, 1.54) is 4.88 Å². The third-order valence-electron chi connectivity index (χ3n) is 4.74. The molecule has 2 aromatic rings. The van der Waals surface area contributed by atoms with Crippen molar-refractivity contribution >= 4 is 11.3 Å². The lowest BCUT2D eigenvalue weighted by atomic mass is 9.98. The van der Waals surface area contributed by atoms with Gasteiger partial charge >= 0.3 is 0 Å². The number of hydrogen-bond acceptors (Lipinski definition) is 5. The van der Waals surface area contributed by atoms with Crippen molar-refractivity contribution in [1.29, 1.82) is 0 Å². The number of nitrogens with zero attached hydrogens (tertiary/aromatic N) is 2. The molecule has 4 heterocycles. The zero-order valence-electron chi connectivity index (χ0n) is 13.2. The molecule has 0 aliphatic carbocycles. The van der Waals surface area contributed by atoms with Crippen molar-refractivity contribution in [2.45, 2.75) is 37.7 Å². The van der Waals surface area contributed by atoms with Crippen molar-refractivity contribution in [3.05, 3.63) is 52.5 Å². The molecule has 2 saturated heterocycles. The van der Waals surface area contributed by atoms with Crippen molar-refractivity contribution in [2.75, 3.05) is 19.7 Å². The summed E-state index contributed by atoms with van der Waals surface area (Å²) in [4.78, 5) is 8.07. The van der Waals surface area contributed by atoms with Crippen LogP contribution in [0.3, 0.4) is 0 Å². The molecule has 5 heteroatoms. The van der Waals surface area contributed by atoms with Crippen LogP contribution in [-0.4, -0.2) is 41.3 Å². The standard InChI is InChI=1S/C18H22N2O2S/c1-3-15(10-19-6-1)12-21-16-9-18(22-13-16)5-7-20(14-18)11-17-4-2-8-23-17/h1-4,6,8,10,16H,5,7,9,11-14H2/t16-,18-/m0/s1. The van der Waals surface area contributed by atoms with E-state index in [-0.39, 0.29) is 11.7 Å². The van der Waals surface area contributed by atoms with E-state index in [0.29, 0.717) is 13.2 Å². The van der Waals surface area contributed by atoms with E-state index >= 15 is 0 Å². The molecule has 4 nitrogen and oxygen atoms in total. The lowest BCUT2D eigenvalue weighted by Crippen LogP contribution is -2.32. The van der Waals surface area contributed by atoms with Crippen molar-refractivity contribution < 1.29 is 9.47 Å². The fraction of sp³-hybridized carbons (Fsp3) is 0.500. The van der Waals surface area contributed by atoms with E-state index in [1.807, 2.05) is 23.6 Å². The lowest BCUT2D eigenvalue weighted by molar-refractivity contribution is -0.000410. The van der Waals surface area contributed by atoms with Crippen LogP contribution in [0.4, 0.5) is 0 Å². The molecule has 0 saturated carbocycles. The highest BCUT2D eigenvalue weighted by atomic mass is 32.1. The first-order valence-corrected chi connectivity index (χ1v) is 9.09. The highest BCUT2D eigenvalue weighted by Crippen LogP contribution is 2.37. The van der Waals surface area contributed by atoms with Gasteiger partial charge in [-0.3, -0.25) is 9.88 Å². The number of rotatable bonds is 5. The van der Waals surface area contributed by atoms with Crippen LogP contribution >= 0.6 is 11.3 Å². The predicted octanol–water partition coefficient (Wildman–Crippen LogP) is 3.09. The van der Waals surface area contributed by atoms with Gasteiger partial charge in [0.1, 0.15) is 0 Å². The summed E-state index contributed by atoms with van der Waals surface area (Å²) < 4.78 is 12.2. The van der Waals surface area contributed by atoms with Gasteiger partial charge in [0.05, 0.1) is 24.9 Å². The van der Waals surface area contributed by atoms with Gasteiger partial charge in [0.25, 0.3) is 0 Å². The normalized spacial score (nSPS) is 27.9. The summed E-state index contributed by atoms with van der Waals surface area (Å²) in [6.07, 6.45) is 5.98. The Morgan fingerprint density at radius 1 is 1.39 bits per heavy atom. The van der Waals surface area contributed by atoms with Crippen LogP contribution in [0, 0.1) is 0 Å². The minimum absolute atomic E-state index is 0.0108. The number of hydrogen-bond donors (Lipinski definition) is 0.